The minimum atomic E-state index is 0.496. The van der Waals surface area contributed by atoms with Crippen molar-refractivity contribution < 1.29 is 4.74 Å². The third-order valence-electron chi connectivity index (χ3n) is 2.60. The molecule has 11 heavy (non-hydrogen) atoms. The predicted molar refractivity (Wildman–Crippen MR) is 44.6 cm³/mol. The lowest BCUT2D eigenvalue weighted by molar-refractivity contribution is 0.0831. The summed E-state index contributed by atoms with van der Waals surface area (Å²) in [4.78, 5) is 0. The van der Waals surface area contributed by atoms with E-state index in [1.165, 1.54) is 25.7 Å². The van der Waals surface area contributed by atoms with Gasteiger partial charge in [-0.25, -0.2) is 0 Å². The number of rotatable bonds is 3. The Bertz CT molecular complexity index is 128. The molecule has 2 aliphatic rings. The van der Waals surface area contributed by atoms with Crippen LogP contribution in [0, 0.1) is 0 Å². The molecule has 1 aliphatic heterocycles. The molecule has 2 nitrogen and oxygen atoms in total. The number of hydrogen-bond donors (Lipinski definition) is 1. The van der Waals surface area contributed by atoms with Gasteiger partial charge in [-0.1, -0.05) is 0 Å². The Balaban J connectivity index is 1.73. The summed E-state index contributed by atoms with van der Waals surface area (Å²) in [5, 5.41) is 3.57. The molecule has 0 aromatic carbocycles. The lowest BCUT2D eigenvalue weighted by Gasteiger charge is -2.19. The summed E-state index contributed by atoms with van der Waals surface area (Å²) in [6.07, 6.45) is 5.74. The highest BCUT2D eigenvalue weighted by atomic mass is 16.5. The Morgan fingerprint density at radius 1 is 1.36 bits per heavy atom. The van der Waals surface area contributed by atoms with E-state index in [0.717, 1.165) is 12.6 Å². The van der Waals surface area contributed by atoms with E-state index in [2.05, 4.69) is 12.2 Å². The van der Waals surface area contributed by atoms with Crippen molar-refractivity contribution >= 4 is 0 Å². The minimum Gasteiger partial charge on any atom is -0.377 e. The maximum atomic E-state index is 5.58. The van der Waals surface area contributed by atoms with Crippen molar-refractivity contribution in [2.75, 3.05) is 6.61 Å². The summed E-state index contributed by atoms with van der Waals surface area (Å²) in [7, 11) is 0. The van der Waals surface area contributed by atoms with Crippen molar-refractivity contribution in [2.24, 2.45) is 0 Å². The highest BCUT2D eigenvalue weighted by Gasteiger charge is 2.28. The fourth-order valence-electron chi connectivity index (χ4n) is 1.73. The minimum absolute atomic E-state index is 0.496. The molecule has 2 fully saturated rings. The van der Waals surface area contributed by atoms with E-state index in [0.29, 0.717) is 12.1 Å². The molecule has 2 unspecified atom stereocenters. The first-order valence-corrected chi connectivity index (χ1v) is 4.74. The van der Waals surface area contributed by atoms with Crippen molar-refractivity contribution in [3.63, 3.8) is 0 Å². The molecule has 0 aromatic rings. The molecule has 2 rings (SSSR count). The predicted octanol–water partition coefficient (Wildman–Crippen LogP) is 1.31. The van der Waals surface area contributed by atoms with Crippen molar-refractivity contribution in [1.82, 2.24) is 5.32 Å². The van der Waals surface area contributed by atoms with E-state index >= 15 is 0 Å². The summed E-state index contributed by atoms with van der Waals surface area (Å²) < 4.78 is 5.58. The lowest BCUT2D eigenvalue weighted by Crippen LogP contribution is -2.38. The van der Waals surface area contributed by atoms with E-state index in [9.17, 15) is 0 Å². The van der Waals surface area contributed by atoms with E-state index in [1.54, 1.807) is 0 Å². The van der Waals surface area contributed by atoms with Crippen LogP contribution in [-0.2, 0) is 4.74 Å². The first-order valence-electron chi connectivity index (χ1n) is 4.74. The zero-order valence-electron chi connectivity index (χ0n) is 7.18. The SMILES string of the molecule is CC(NC1CC1)C1CCCO1. The number of hydrogen-bond acceptors (Lipinski definition) is 2. The Morgan fingerprint density at radius 2 is 2.18 bits per heavy atom. The van der Waals surface area contributed by atoms with Crippen molar-refractivity contribution in [1.29, 1.82) is 0 Å². The van der Waals surface area contributed by atoms with E-state index in [-0.39, 0.29) is 0 Å². The van der Waals surface area contributed by atoms with E-state index in [1.807, 2.05) is 0 Å². The molecule has 0 amide bonds. The van der Waals surface area contributed by atoms with Crippen LogP contribution >= 0.6 is 0 Å². The van der Waals surface area contributed by atoms with Gasteiger partial charge in [0.2, 0.25) is 0 Å². The molecule has 1 saturated carbocycles. The molecule has 1 aliphatic carbocycles. The highest BCUT2D eigenvalue weighted by Crippen LogP contribution is 2.22. The van der Waals surface area contributed by atoms with Crippen molar-refractivity contribution in [3.05, 3.63) is 0 Å². The number of nitrogens with one attached hydrogen (secondary N) is 1. The van der Waals surface area contributed by atoms with Crippen LogP contribution < -0.4 is 5.32 Å². The highest BCUT2D eigenvalue weighted by molar-refractivity contribution is 4.87. The Hall–Kier alpha value is -0.0800. The second kappa shape index (κ2) is 3.11. The van der Waals surface area contributed by atoms with Crippen LogP contribution in [0.15, 0.2) is 0 Å². The largest absolute Gasteiger partial charge is 0.377 e. The van der Waals surface area contributed by atoms with Crippen LogP contribution in [0.25, 0.3) is 0 Å². The zero-order chi connectivity index (χ0) is 7.68. The molecule has 64 valence electrons. The number of ether oxygens (including phenoxy) is 1. The van der Waals surface area contributed by atoms with Gasteiger partial charge in [0.05, 0.1) is 6.10 Å². The molecule has 1 saturated heterocycles. The molecular formula is C9H17NO. The van der Waals surface area contributed by atoms with Gasteiger partial charge in [-0.05, 0) is 32.6 Å². The molecule has 1 heterocycles. The Morgan fingerprint density at radius 3 is 2.73 bits per heavy atom. The molecule has 0 aromatic heterocycles. The van der Waals surface area contributed by atoms with Gasteiger partial charge < -0.3 is 10.1 Å². The van der Waals surface area contributed by atoms with Crippen LogP contribution in [0.3, 0.4) is 0 Å². The molecule has 2 atom stereocenters. The smallest absolute Gasteiger partial charge is 0.0726 e. The molecule has 0 bridgehead atoms. The topological polar surface area (TPSA) is 21.3 Å². The standard InChI is InChI=1S/C9H17NO/c1-7(10-8-4-5-8)9-3-2-6-11-9/h7-10H,2-6H2,1H3. The Kier molecular flexibility index (Phi) is 2.14. The van der Waals surface area contributed by atoms with E-state index in [4.69, 9.17) is 4.74 Å². The van der Waals surface area contributed by atoms with Gasteiger partial charge >= 0.3 is 0 Å². The van der Waals surface area contributed by atoms with Gasteiger partial charge in [0, 0.05) is 18.7 Å². The van der Waals surface area contributed by atoms with Crippen LogP contribution in [0.4, 0.5) is 0 Å². The van der Waals surface area contributed by atoms with Crippen molar-refractivity contribution in [3.8, 4) is 0 Å². The molecule has 1 N–H and O–H groups in total. The summed E-state index contributed by atoms with van der Waals surface area (Å²) in [5.74, 6) is 0. The molecule has 0 spiro atoms. The average Bonchev–Trinajstić information content (AvgIpc) is 2.67. The summed E-state index contributed by atoms with van der Waals surface area (Å²) in [5.41, 5.74) is 0. The first kappa shape index (κ1) is 7.56. The fraction of sp³-hybridized carbons (Fsp3) is 1.00. The van der Waals surface area contributed by atoms with E-state index < -0.39 is 0 Å². The lowest BCUT2D eigenvalue weighted by atomic mass is 10.1. The third-order valence-corrected chi connectivity index (χ3v) is 2.60. The zero-order valence-corrected chi connectivity index (χ0v) is 7.18. The van der Waals surface area contributed by atoms with Gasteiger partial charge in [-0.3, -0.25) is 0 Å². The second-order valence-electron chi connectivity index (χ2n) is 3.78. The van der Waals surface area contributed by atoms with Gasteiger partial charge in [0.15, 0.2) is 0 Å². The summed E-state index contributed by atoms with van der Waals surface area (Å²) in [6.45, 7) is 3.22. The van der Waals surface area contributed by atoms with Crippen LogP contribution in [0.5, 0.6) is 0 Å². The first-order chi connectivity index (χ1) is 5.36. The second-order valence-corrected chi connectivity index (χ2v) is 3.78. The Labute approximate surface area is 68.3 Å². The van der Waals surface area contributed by atoms with Gasteiger partial charge in [0.1, 0.15) is 0 Å². The quantitative estimate of drug-likeness (QED) is 0.663. The van der Waals surface area contributed by atoms with Crippen LogP contribution in [0.2, 0.25) is 0 Å². The third kappa shape index (κ3) is 1.94. The molecular weight excluding hydrogens is 138 g/mol. The van der Waals surface area contributed by atoms with Crippen LogP contribution in [-0.4, -0.2) is 24.8 Å². The van der Waals surface area contributed by atoms with Crippen LogP contribution in [0.1, 0.15) is 32.6 Å². The molecule has 0 radical (unpaired) electrons. The normalized spacial score (nSPS) is 34.1. The van der Waals surface area contributed by atoms with Gasteiger partial charge in [-0.15, -0.1) is 0 Å². The maximum Gasteiger partial charge on any atom is 0.0726 e. The van der Waals surface area contributed by atoms with Gasteiger partial charge in [-0.2, -0.15) is 0 Å². The fourth-order valence-corrected chi connectivity index (χ4v) is 1.73. The summed E-state index contributed by atoms with van der Waals surface area (Å²) in [6, 6.07) is 1.39. The van der Waals surface area contributed by atoms with Crippen molar-refractivity contribution in [2.45, 2.75) is 50.8 Å². The average molecular weight is 155 g/mol. The monoisotopic (exact) mass is 155 g/mol. The maximum absolute atomic E-state index is 5.58. The molecule has 2 heteroatoms. The summed E-state index contributed by atoms with van der Waals surface area (Å²) >= 11 is 0. The van der Waals surface area contributed by atoms with Gasteiger partial charge in [0.25, 0.3) is 0 Å².